The number of rotatable bonds is 7. The fourth-order valence-corrected chi connectivity index (χ4v) is 3.55. The van der Waals surface area contributed by atoms with Gasteiger partial charge in [0.15, 0.2) is 0 Å². The molecule has 1 N–H and O–H groups in total. The number of nitrogens with one attached hydrogen (secondary N) is 1. The Bertz CT molecular complexity index is 908. The van der Waals surface area contributed by atoms with E-state index in [1.165, 1.54) is 12.0 Å². The second-order valence-corrected chi connectivity index (χ2v) is 9.27. The van der Waals surface area contributed by atoms with E-state index in [2.05, 4.69) is 5.32 Å². The molecule has 0 aromatic heterocycles. The van der Waals surface area contributed by atoms with Gasteiger partial charge in [-0.2, -0.15) is 0 Å². The second kappa shape index (κ2) is 10.8. The van der Waals surface area contributed by atoms with Gasteiger partial charge in [-0.15, -0.1) is 0 Å². The fraction of sp³-hybridized carbons (Fsp3) is 0.583. The fourth-order valence-electron chi connectivity index (χ4n) is 3.55. The molecule has 1 heterocycles. The molecule has 0 spiro atoms. The zero-order chi connectivity index (χ0) is 24.8. The van der Waals surface area contributed by atoms with Gasteiger partial charge in [-0.3, -0.25) is 15.0 Å². The summed E-state index contributed by atoms with van der Waals surface area (Å²) in [6, 6.07) is 6.33. The van der Waals surface area contributed by atoms with Crippen LogP contribution in [-0.4, -0.2) is 60.8 Å². The normalized spacial score (nSPS) is 19.5. The van der Waals surface area contributed by atoms with Gasteiger partial charge in [0.1, 0.15) is 5.60 Å². The number of guanidine groups is 1. The Morgan fingerprint density at radius 1 is 1.27 bits per heavy atom. The molecular formula is C24H35N3O6. The molecule has 9 nitrogen and oxygen atoms in total. The van der Waals surface area contributed by atoms with Crippen LogP contribution in [-0.2, 0) is 19.0 Å². The highest BCUT2D eigenvalue weighted by Crippen LogP contribution is 2.33. The monoisotopic (exact) mass is 461 g/mol. The van der Waals surface area contributed by atoms with Gasteiger partial charge in [0.2, 0.25) is 11.9 Å². The van der Waals surface area contributed by atoms with E-state index in [0.29, 0.717) is 30.6 Å². The number of carbonyl (C=O) groups is 3. The van der Waals surface area contributed by atoms with Crippen molar-refractivity contribution >= 4 is 23.9 Å². The Kier molecular flexibility index (Phi) is 8.60. The van der Waals surface area contributed by atoms with E-state index in [1.807, 2.05) is 19.9 Å². The van der Waals surface area contributed by atoms with E-state index in [1.54, 1.807) is 46.1 Å². The number of hydrogen-bond acceptors (Lipinski definition) is 7. The van der Waals surface area contributed by atoms with Crippen molar-refractivity contribution in [3.63, 3.8) is 0 Å². The van der Waals surface area contributed by atoms with Crippen LogP contribution in [0.4, 0.5) is 4.79 Å². The third-order valence-electron chi connectivity index (χ3n) is 5.38. The van der Waals surface area contributed by atoms with Crippen LogP contribution in [0.15, 0.2) is 29.3 Å². The zero-order valence-electron chi connectivity index (χ0n) is 20.6. The number of alkyl carbamates (subject to hydrolysis) is 1. The molecule has 182 valence electrons. The minimum atomic E-state index is -0.716. The Morgan fingerprint density at radius 3 is 2.55 bits per heavy atom. The lowest BCUT2D eigenvalue weighted by Gasteiger charge is -2.40. The summed E-state index contributed by atoms with van der Waals surface area (Å²) in [5.74, 6) is -0.550. The first-order valence-electron chi connectivity index (χ1n) is 11.0. The Balaban J connectivity index is 2.53. The minimum absolute atomic E-state index is 0.120. The molecule has 1 unspecified atom stereocenters. The van der Waals surface area contributed by atoms with Gasteiger partial charge in [-0.05, 0) is 58.2 Å². The van der Waals surface area contributed by atoms with Crippen LogP contribution in [0.1, 0.15) is 75.8 Å². The third kappa shape index (κ3) is 7.02. The van der Waals surface area contributed by atoms with E-state index < -0.39 is 29.2 Å². The zero-order valence-corrected chi connectivity index (χ0v) is 20.6. The van der Waals surface area contributed by atoms with Crippen molar-refractivity contribution in [2.75, 3.05) is 20.8 Å². The molecule has 9 heteroatoms. The summed E-state index contributed by atoms with van der Waals surface area (Å²) in [6.07, 6.45) is 0.522. The molecule has 0 bridgehead atoms. The predicted octanol–water partition coefficient (Wildman–Crippen LogP) is 3.83. The molecular weight excluding hydrogens is 426 g/mol. The summed E-state index contributed by atoms with van der Waals surface area (Å²) in [5.41, 5.74) is -0.314. The Hall–Kier alpha value is -2.94. The van der Waals surface area contributed by atoms with E-state index >= 15 is 0 Å². The molecule has 0 radical (unpaired) electrons. The third-order valence-corrected chi connectivity index (χ3v) is 5.38. The maximum atomic E-state index is 13.4. The molecule has 2 rings (SSSR count). The molecule has 1 aromatic rings. The number of ether oxygens (including phenoxy) is 3. The van der Waals surface area contributed by atoms with Gasteiger partial charge >= 0.3 is 12.1 Å². The molecule has 2 amide bonds. The first kappa shape index (κ1) is 26.3. The maximum Gasteiger partial charge on any atom is 0.414 e. The Labute approximate surface area is 195 Å². The lowest BCUT2D eigenvalue weighted by molar-refractivity contribution is -0.131. The standard InChI is InChI=1S/C24H35N3O6/c1-8-24(5)15-19(28)27(21(26-24)25-22(30)33-23(2,3)4)18(12-13-31-6)16-10-9-11-17(14-16)20(29)32-7/h9-11,14,18H,8,12-13,15H2,1-7H3,(H,25,26,30)/t18-,24?/m1/s1. The highest BCUT2D eigenvalue weighted by molar-refractivity contribution is 6.05. The number of carbonyl (C=O) groups excluding carboxylic acids is 3. The van der Waals surface area contributed by atoms with Gasteiger partial charge in [-0.1, -0.05) is 19.1 Å². The predicted molar refractivity (Wildman–Crippen MR) is 124 cm³/mol. The van der Waals surface area contributed by atoms with E-state index in [9.17, 15) is 14.4 Å². The van der Waals surface area contributed by atoms with Crippen molar-refractivity contribution in [3.05, 3.63) is 35.4 Å². The van der Waals surface area contributed by atoms with Crippen LogP contribution in [0.2, 0.25) is 0 Å². The molecule has 0 saturated carbocycles. The smallest absolute Gasteiger partial charge is 0.414 e. The van der Waals surface area contributed by atoms with Gasteiger partial charge in [-0.25, -0.2) is 14.6 Å². The van der Waals surface area contributed by atoms with Crippen LogP contribution in [0.25, 0.3) is 0 Å². The van der Waals surface area contributed by atoms with E-state index in [0.717, 1.165) is 0 Å². The summed E-state index contributed by atoms with van der Waals surface area (Å²) in [4.78, 5) is 44.3. The number of methoxy groups -OCH3 is 2. The van der Waals surface area contributed by atoms with Gasteiger partial charge < -0.3 is 14.2 Å². The molecule has 1 aromatic carbocycles. The minimum Gasteiger partial charge on any atom is -0.465 e. The van der Waals surface area contributed by atoms with Crippen molar-refractivity contribution in [3.8, 4) is 0 Å². The van der Waals surface area contributed by atoms with E-state index in [-0.39, 0.29) is 18.3 Å². The van der Waals surface area contributed by atoms with Crippen molar-refractivity contribution < 1.29 is 28.6 Å². The molecule has 33 heavy (non-hydrogen) atoms. The number of aliphatic imine (C=N–C) groups is 1. The number of hydrogen-bond donors (Lipinski definition) is 1. The second-order valence-electron chi connectivity index (χ2n) is 9.27. The highest BCUT2D eigenvalue weighted by Gasteiger charge is 2.40. The first-order chi connectivity index (χ1) is 15.4. The molecule has 1 aliphatic rings. The molecule has 0 saturated heterocycles. The lowest BCUT2D eigenvalue weighted by Crippen LogP contribution is -2.55. The number of nitrogens with zero attached hydrogens (tertiary/aromatic N) is 2. The van der Waals surface area contributed by atoms with Crippen LogP contribution < -0.4 is 5.32 Å². The molecule has 1 aliphatic heterocycles. The SMILES string of the molecule is CCC1(C)CC(=O)N([C@H](CCOC)c2cccc(C(=O)OC)c2)C(NC(=O)OC(C)(C)C)=N1. The summed E-state index contributed by atoms with van der Waals surface area (Å²) in [5, 5.41) is 2.68. The summed E-state index contributed by atoms with van der Waals surface area (Å²) < 4.78 is 15.5. The highest BCUT2D eigenvalue weighted by atomic mass is 16.6. The summed E-state index contributed by atoms with van der Waals surface area (Å²) in [7, 11) is 2.88. The van der Waals surface area contributed by atoms with Crippen LogP contribution in [0.5, 0.6) is 0 Å². The largest absolute Gasteiger partial charge is 0.465 e. The van der Waals surface area contributed by atoms with E-state index in [4.69, 9.17) is 19.2 Å². The van der Waals surface area contributed by atoms with Crippen molar-refractivity contribution in [1.29, 1.82) is 0 Å². The number of benzene rings is 1. The lowest BCUT2D eigenvalue weighted by atomic mass is 9.91. The Morgan fingerprint density at radius 2 is 1.97 bits per heavy atom. The van der Waals surface area contributed by atoms with Crippen LogP contribution >= 0.6 is 0 Å². The summed E-state index contributed by atoms with van der Waals surface area (Å²) >= 11 is 0. The first-order valence-corrected chi connectivity index (χ1v) is 11.0. The molecule has 0 fully saturated rings. The average Bonchev–Trinajstić information content (AvgIpc) is 2.73. The van der Waals surface area contributed by atoms with Crippen molar-refractivity contribution in [2.24, 2.45) is 4.99 Å². The van der Waals surface area contributed by atoms with Gasteiger partial charge in [0, 0.05) is 13.7 Å². The maximum absolute atomic E-state index is 13.4. The molecule has 0 aliphatic carbocycles. The number of esters is 1. The van der Waals surface area contributed by atoms with Crippen molar-refractivity contribution in [1.82, 2.24) is 10.2 Å². The average molecular weight is 462 g/mol. The summed E-state index contributed by atoms with van der Waals surface area (Å²) in [6.45, 7) is 9.44. The van der Waals surface area contributed by atoms with Crippen LogP contribution in [0.3, 0.4) is 0 Å². The van der Waals surface area contributed by atoms with Gasteiger partial charge in [0.25, 0.3) is 0 Å². The van der Waals surface area contributed by atoms with Crippen molar-refractivity contribution in [2.45, 2.75) is 71.1 Å². The van der Waals surface area contributed by atoms with Gasteiger partial charge in [0.05, 0.1) is 30.7 Å². The quantitative estimate of drug-likeness (QED) is 0.619. The van der Waals surface area contributed by atoms with Crippen LogP contribution in [0, 0.1) is 0 Å². The number of amides is 2. The topological polar surface area (TPSA) is 107 Å². The molecule has 2 atom stereocenters.